The number of hydrogen-bond donors (Lipinski definition) is 0. The fraction of sp³-hybridized carbons (Fsp3) is 0.238. The van der Waals surface area contributed by atoms with Crippen molar-refractivity contribution in [3.8, 4) is 5.69 Å². The van der Waals surface area contributed by atoms with Crippen LogP contribution in [0, 0.1) is 12.7 Å². The van der Waals surface area contributed by atoms with E-state index in [1.54, 1.807) is 35.0 Å². The summed E-state index contributed by atoms with van der Waals surface area (Å²) in [5.74, 6) is -0.421. The molecule has 0 spiro atoms. The van der Waals surface area contributed by atoms with Crippen LogP contribution in [0.4, 0.5) is 4.39 Å². The summed E-state index contributed by atoms with van der Waals surface area (Å²) < 4.78 is 20.0. The lowest BCUT2D eigenvalue weighted by molar-refractivity contribution is 0.0679. The molecule has 5 nitrogen and oxygen atoms in total. The van der Waals surface area contributed by atoms with E-state index in [9.17, 15) is 9.18 Å². The van der Waals surface area contributed by atoms with Crippen LogP contribution in [-0.4, -0.2) is 40.8 Å². The van der Waals surface area contributed by atoms with Gasteiger partial charge in [-0.1, -0.05) is 30.3 Å². The maximum atomic E-state index is 13.2. The van der Waals surface area contributed by atoms with Crippen LogP contribution in [-0.2, 0) is 11.3 Å². The summed E-state index contributed by atoms with van der Waals surface area (Å²) in [4.78, 5) is 14.9. The van der Waals surface area contributed by atoms with E-state index >= 15 is 0 Å². The second-order valence-corrected chi connectivity index (χ2v) is 6.24. The molecule has 0 saturated heterocycles. The predicted octanol–water partition coefficient (Wildman–Crippen LogP) is 3.61. The van der Waals surface area contributed by atoms with Gasteiger partial charge in [0.05, 0.1) is 29.7 Å². The van der Waals surface area contributed by atoms with Gasteiger partial charge < -0.3 is 9.64 Å². The van der Waals surface area contributed by atoms with Crippen LogP contribution in [0.15, 0.2) is 60.8 Å². The molecule has 0 aliphatic carbocycles. The number of methoxy groups -OCH3 is 1. The second-order valence-electron chi connectivity index (χ2n) is 6.24. The third-order valence-electron chi connectivity index (χ3n) is 4.38. The van der Waals surface area contributed by atoms with Crippen molar-refractivity contribution in [3.63, 3.8) is 0 Å². The van der Waals surface area contributed by atoms with Crippen molar-refractivity contribution in [1.29, 1.82) is 0 Å². The number of nitrogens with zero attached hydrogens (tertiary/aromatic N) is 3. The minimum atomic E-state index is -0.312. The van der Waals surface area contributed by atoms with Gasteiger partial charge in [-0.25, -0.2) is 9.07 Å². The quantitative estimate of drug-likeness (QED) is 0.641. The zero-order valence-electron chi connectivity index (χ0n) is 15.4. The fourth-order valence-corrected chi connectivity index (χ4v) is 2.89. The lowest BCUT2D eigenvalue weighted by Crippen LogP contribution is -2.33. The smallest absolute Gasteiger partial charge is 0.257 e. The number of ether oxygens (including phenoxy) is 1. The van der Waals surface area contributed by atoms with E-state index in [-0.39, 0.29) is 11.7 Å². The van der Waals surface area contributed by atoms with Crippen LogP contribution in [0.25, 0.3) is 5.69 Å². The Bertz CT molecular complexity index is 892. The maximum Gasteiger partial charge on any atom is 0.257 e. The summed E-state index contributed by atoms with van der Waals surface area (Å²) in [6.07, 6.45) is 1.56. The van der Waals surface area contributed by atoms with Crippen LogP contribution in [0.5, 0.6) is 0 Å². The van der Waals surface area contributed by atoms with Gasteiger partial charge in [0.15, 0.2) is 0 Å². The fourth-order valence-electron chi connectivity index (χ4n) is 2.89. The SMILES string of the molecule is COCCN(Cc1ccccc1)C(=O)c1cnn(-c2ccc(F)cc2)c1C. The average molecular weight is 367 g/mol. The molecule has 140 valence electrons. The highest BCUT2D eigenvalue weighted by Gasteiger charge is 2.21. The van der Waals surface area contributed by atoms with Crippen molar-refractivity contribution in [2.24, 2.45) is 0 Å². The molecule has 0 aliphatic rings. The monoisotopic (exact) mass is 367 g/mol. The third-order valence-corrected chi connectivity index (χ3v) is 4.38. The molecule has 0 bridgehead atoms. The number of rotatable bonds is 7. The lowest BCUT2D eigenvalue weighted by atomic mass is 10.1. The van der Waals surface area contributed by atoms with E-state index in [1.165, 1.54) is 12.1 Å². The second kappa shape index (κ2) is 8.60. The molecule has 2 aromatic carbocycles. The highest BCUT2D eigenvalue weighted by molar-refractivity contribution is 5.95. The van der Waals surface area contributed by atoms with Crippen LogP contribution in [0.2, 0.25) is 0 Å². The Labute approximate surface area is 158 Å². The molecule has 1 heterocycles. The van der Waals surface area contributed by atoms with Crippen LogP contribution < -0.4 is 0 Å². The minimum absolute atomic E-state index is 0.109. The molecule has 3 aromatic rings. The molecule has 6 heteroatoms. The number of carbonyl (C=O) groups is 1. The van der Waals surface area contributed by atoms with E-state index in [1.807, 2.05) is 37.3 Å². The number of halogens is 1. The number of aromatic nitrogens is 2. The van der Waals surface area contributed by atoms with E-state index in [4.69, 9.17) is 4.74 Å². The first-order valence-corrected chi connectivity index (χ1v) is 8.73. The van der Waals surface area contributed by atoms with Crippen molar-refractivity contribution in [3.05, 3.63) is 83.4 Å². The Hall–Kier alpha value is -2.99. The Balaban J connectivity index is 1.86. The van der Waals surface area contributed by atoms with Gasteiger partial charge >= 0.3 is 0 Å². The third kappa shape index (κ3) is 4.41. The van der Waals surface area contributed by atoms with E-state index in [2.05, 4.69) is 5.10 Å². The molecule has 27 heavy (non-hydrogen) atoms. The van der Waals surface area contributed by atoms with E-state index in [0.717, 1.165) is 5.56 Å². The number of hydrogen-bond acceptors (Lipinski definition) is 3. The summed E-state index contributed by atoms with van der Waals surface area (Å²) >= 11 is 0. The molecular weight excluding hydrogens is 345 g/mol. The van der Waals surface area contributed by atoms with Crippen LogP contribution >= 0.6 is 0 Å². The first-order valence-electron chi connectivity index (χ1n) is 8.73. The van der Waals surface area contributed by atoms with Gasteiger partial charge in [-0.05, 0) is 36.8 Å². The summed E-state index contributed by atoms with van der Waals surface area (Å²) in [5.41, 5.74) is 2.98. The van der Waals surface area contributed by atoms with Gasteiger partial charge in [-0.2, -0.15) is 5.10 Å². The minimum Gasteiger partial charge on any atom is -0.383 e. The number of amides is 1. The van der Waals surface area contributed by atoms with Gasteiger partial charge in [-0.3, -0.25) is 4.79 Å². The zero-order chi connectivity index (χ0) is 19.2. The first-order chi connectivity index (χ1) is 13.1. The summed E-state index contributed by atoms with van der Waals surface area (Å²) in [6.45, 7) is 3.25. The van der Waals surface area contributed by atoms with Gasteiger partial charge in [0, 0.05) is 20.2 Å². The molecule has 0 fully saturated rings. The number of carbonyl (C=O) groups excluding carboxylic acids is 1. The maximum absolute atomic E-state index is 13.2. The Morgan fingerprint density at radius 2 is 1.85 bits per heavy atom. The molecule has 1 amide bonds. The van der Waals surface area contributed by atoms with Crippen LogP contribution in [0.3, 0.4) is 0 Å². The molecule has 0 saturated carbocycles. The highest BCUT2D eigenvalue weighted by Crippen LogP contribution is 2.17. The highest BCUT2D eigenvalue weighted by atomic mass is 19.1. The Kier molecular flexibility index (Phi) is 5.98. The first kappa shape index (κ1) is 18.8. The standard InChI is InChI=1S/C21H22FN3O2/c1-16-20(14-23-25(16)19-10-8-18(22)9-11-19)21(26)24(12-13-27-2)15-17-6-4-3-5-7-17/h3-11,14H,12-13,15H2,1-2H3. The molecule has 3 rings (SSSR count). The van der Waals surface area contributed by atoms with Crippen molar-refractivity contribution >= 4 is 5.91 Å². The van der Waals surface area contributed by atoms with E-state index < -0.39 is 0 Å². The van der Waals surface area contributed by atoms with Crippen molar-refractivity contribution in [2.75, 3.05) is 20.3 Å². The lowest BCUT2D eigenvalue weighted by Gasteiger charge is -2.22. The zero-order valence-corrected chi connectivity index (χ0v) is 15.4. The summed E-state index contributed by atoms with van der Waals surface area (Å²) in [7, 11) is 1.61. The normalized spacial score (nSPS) is 10.8. The molecular formula is C21H22FN3O2. The predicted molar refractivity (Wildman–Crippen MR) is 101 cm³/mol. The Morgan fingerprint density at radius 3 is 2.52 bits per heavy atom. The molecule has 0 aliphatic heterocycles. The van der Waals surface area contributed by atoms with Gasteiger partial charge in [0.25, 0.3) is 5.91 Å². The summed E-state index contributed by atoms with van der Waals surface area (Å²) in [6, 6.07) is 15.8. The Morgan fingerprint density at radius 1 is 1.15 bits per heavy atom. The van der Waals surface area contributed by atoms with Crippen molar-refractivity contribution in [2.45, 2.75) is 13.5 Å². The van der Waals surface area contributed by atoms with Gasteiger partial charge in [0.2, 0.25) is 0 Å². The molecule has 1 aromatic heterocycles. The number of benzene rings is 2. The molecule has 0 unspecified atom stereocenters. The van der Waals surface area contributed by atoms with E-state index in [0.29, 0.717) is 36.6 Å². The van der Waals surface area contributed by atoms with Gasteiger partial charge in [-0.15, -0.1) is 0 Å². The topological polar surface area (TPSA) is 47.4 Å². The summed E-state index contributed by atoms with van der Waals surface area (Å²) in [5, 5.41) is 4.32. The molecule has 0 radical (unpaired) electrons. The van der Waals surface area contributed by atoms with Crippen molar-refractivity contribution in [1.82, 2.24) is 14.7 Å². The largest absolute Gasteiger partial charge is 0.383 e. The van der Waals surface area contributed by atoms with Crippen LogP contribution in [0.1, 0.15) is 21.6 Å². The molecule has 0 N–H and O–H groups in total. The van der Waals surface area contributed by atoms with Crippen molar-refractivity contribution < 1.29 is 13.9 Å². The molecule has 0 atom stereocenters. The van der Waals surface area contributed by atoms with Gasteiger partial charge in [0.1, 0.15) is 5.82 Å². The average Bonchev–Trinajstić information content (AvgIpc) is 3.07.